The van der Waals surface area contributed by atoms with Gasteiger partial charge >= 0.3 is 0 Å². The third-order valence-electron chi connectivity index (χ3n) is 3.40. The molecule has 2 aromatic carbocycles. The molecule has 0 N–H and O–H groups in total. The highest BCUT2D eigenvalue weighted by atomic mass is 35.5. The first-order valence-corrected chi connectivity index (χ1v) is 7.22. The van der Waals surface area contributed by atoms with E-state index >= 15 is 0 Å². The van der Waals surface area contributed by atoms with Crippen LogP contribution in [0.3, 0.4) is 0 Å². The summed E-state index contributed by atoms with van der Waals surface area (Å²) in [5.41, 5.74) is 1.24. The van der Waals surface area contributed by atoms with E-state index in [4.69, 9.17) is 27.9 Å². The molecule has 1 aliphatic rings. The minimum absolute atomic E-state index is 0.110. The van der Waals surface area contributed by atoms with E-state index in [9.17, 15) is 9.18 Å². The average Bonchev–Trinajstić information content (AvgIpc) is 2.44. The van der Waals surface area contributed by atoms with Crippen LogP contribution >= 0.6 is 23.2 Å². The Morgan fingerprint density at radius 3 is 2.71 bits per heavy atom. The summed E-state index contributed by atoms with van der Waals surface area (Å²) in [6.45, 7) is 0. The fourth-order valence-corrected chi connectivity index (χ4v) is 2.72. The van der Waals surface area contributed by atoms with Gasteiger partial charge in [-0.25, -0.2) is 4.39 Å². The minimum atomic E-state index is -0.436. The van der Waals surface area contributed by atoms with Crippen LogP contribution in [0.4, 0.5) is 4.39 Å². The lowest BCUT2D eigenvalue weighted by Gasteiger charge is -2.25. The van der Waals surface area contributed by atoms with Crippen LogP contribution in [-0.4, -0.2) is 11.9 Å². The minimum Gasteiger partial charge on any atom is -0.489 e. The summed E-state index contributed by atoms with van der Waals surface area (Å²) in [6, 6.07) is 9.32. The molecule has 1 atom stereocenters. The molecule has 0 spiro atoms. The van der Waals surface area contributed by atoms with Crippen LogP contribution in [0.5, 0.6) is 5.75 Å². The first-order chi connectivity index (χ1) is 10.0. The molecule has 1 unspecified atom stereocenters. The number of benzene rings is 2. The highest BCUT2D eigenvalue weighted by molar-refractivity contribution is 6.42. The monoisotopic (exact) mass is 324 g/mol. The molecule has 2 aromatic rings. The van der Waals surface area contributed by atoms with Crippen molar-refractivity contribution in [2.24, 2.45) is 0 Å². The first-order valence-electron chi connectivity index (χ1n) is 6.46. The van der Waals surface area contributed by atoms with Crippen molar-refractivity contribution in [2.75, 3.05) is 0 Å². The van der Waals surface area contributed by atoms with Gasteiger partial charge in [-0.3, -0.25) is 4.79 Å². The molecule has 0 bridgehead atoms. The third kappa shape index (κ3) is 3.04. The number of carbonyl (C=O) groups is 1. The van der Waals surface area contributed by atoms with E-state index in [0.29, 0.717) is 27.8 Å². The number of hydrogen-bond acceptors (Lipinski definition) is 2. The highest BCUT2D eigenvalue weighted by Gasteiger charge is 2.27. The Bertz CT molecular complexity index is 715. The van der Waals surface area contributed by atoms with Crippen LogP contribution < -0.4 is 4.74 Å². The summed E-state index contributed by atoms with van der Waals surface area (Å²) >= 11 is 11.9. The SMILES string of the molecule is O=C1CC(Cc2ccc(Cl)c(Cl)c2)Oc2ccc(F)cc21. The molecule has 2 nitrogen and oxygen atoms in total. The molecule has 0 saturated heterocycles. The van der Waals surface area contributed by atoms with Gasteiger partial charge in [0.2, 0.25) is 0 Å². The second-order valence-corrected chi connectivity index (χ2v) is 5.77. The van der Waals surface area contributed by atoms with Crippen molar-refractivity contribution in [1.82, 2.24) is 0 Å². The predicted molar refractivity (Wildman–Crippen MR) is 79.9 cm³/mol. The molecule has 1 aliphatic heterocycles. The lowest BCUT2D eigenvalue weighted by molar-refractivity contribution is 0.0850. The van der Waals surface area contributed by atoms with E-state index in [0.717, 1.165) is 5.56 Å². The van der Waals surface area contributed by atoms with Gasteiger partial charge in [-0.1, -0.05) is 29.3 Å². The molecular weight excluding hydrogens is 314 g/mol. The fourth-order valence-electron chi connectivity index (χ4n) is 2.40. The Morgan fingerprint density at radius 2 is 1.95 bits per heavy atom. The number of fused-ring (bicyclic) bond motifs is 1. The second kappa shape index (κ2) is 5.66. The van der Waals surface area contributed by atoms with Crippen LogP contribution in [0.2, 0.25) is 10.0 Å². The van der Waals surface area contributed by atoms with Crippen LogP contribution in [0.1, 0.15) is 22.3 Å². The van der Waals surface area contributed by atoms with Gasteiger partial charge in [0.15, 0.2) is 5.78 Å². The maximum Gasteiger partial charge on any atom is 0.170 e. The zero-order chi connectivity index (χ0) is 15.0. The Kier molecular flexibility index (Phi) is 3.87. The lowest BCUT2D eigenvalue weighted by atomic mass is 9.96. The van der Waals surface area contributed by atoms with Crippen LogP contribution in [0.25, 0.3) is 0 Å². The quantitative estimate of drug-likeness (QED) is 0.799. The summed E-state index contributed by atoms with van der Waals surface area (Å²) < 4.78 is 18.9. The van der Waals surface area contributed by atoms with Crippen LogP contribution in [-0.2, 0) is 6.42 Å². The Labute approximate surface area is 131 Å². The van der Waals surface area contributed by atoms with Crippen molar-refractivity contribution in [3.63, 3.8) is 0 Å². The molecular formula is C16H11Cl2FO2. The van der Waals surface area contributed by atoms with E-state index in [2.05, 4.69) is 0 Å². The molecule has 3 rings (SSSR count). The number of rotatable bonds is 2. The van der Waals surface area contributed by atoms with Crippen molar-refractivity contribution >= 4 is 29.0 Å². The topological polar surface area (TPSA) is 26.3 Å². The van der Waals surface area contributed by atoms with Crippen molar-refractivity contribution in [3.05, 3.63) is 63.4 Å². The van der Waals surface area contributed by atoms with Crippen molar-refractivity contribution < 1.29 is 13.9 Å². The highest BCUT2D eigenvalue weighted by Crippen LogP contribution is 2.30. The summed E-state index contributed by atoms with van der Waals surface area (Å²) in [6.07, 6.45) is 0.476. The summed E-state index contributed by atoms with van der Waals surface area (Å²) in [5.74, 6) is -0.118. The van der Waals surface area contributed by atoms with E-state index in [1.54, 1.807) is 12.1 Å². The maximum atomic E-state index is 13.2. The van der Waals surface area contributed by atoms with Gasteiger partial charge in [-0.2, -0.15) is 0 Å². The zero-order valence-corrected chi connectivity index (χ0v) is 12.4. The number of hydrogen-bond donors (Lipinski definition) is 0. The predicted octanol–water partition coefficient (Wildman–Crippen LogP) is 4.71. The molecule has 21 heavy (non-hydrogen) atoms. The number of carbonyl (C=O) groups excluding carboxylic acids is 1. The second-order valence-electron chi connectivity index (χ2n) is 4.96. The van der Waals surface area contributed by atoms with Crippen molar-refractivity contribution in [1.29, 1.82) is 0 Å². The number of halogens is 3. The van der Waals surface area contributed by atoms with Gasteiger partial charge in [-0.15, -0.1) is 0 Å². The summed E-state index contributed by atoms with van der Waals surface area (Å²) in [4.78, 5) is 12.1. The average molecular weight is 325 g/mol. The number of Topliss-reactive ketones (excluding diaryl/α,β-unsaturated/α-hetero) is 1. The van der Waals surface area contributed by atoms with Gasteiger partial charge in [0.1, 0.15) is 17.7 Å². The van der Waals surface area contributed by atoms with E-state index in [1.165, 1.54) is 18.2 Å². The van der Waals surface area contributed by atoms with Crippen molar-refractivity contribution in [2.45, 2.75) is 18.9 Å². The Balaban J connectivity index is 1.81. The molecule has 1 heterocycles. The van der Waals surface area contributed by atoms with Gasteiger partial charge < -0.3 is 4.74 Å². The molecule has 0 amide bonds. The molecule has 108 valence electrons. The first kappa shape index (κ1) is 14.4. The number of ether oxygens (including phenoxy) is 1. The van der Waals surface area contributed by atoms with E-state index in [1.807, 2.05) is 6.07 Å². The Hall–Kier alpha value is -1.58. The standard InChI is InChI=1S/C16H11Cl2FO2/c17-13-3-1-9(6-14(13)18)5-11-8-15(20)12-7-10(19)2-4-16(12)21-11/h1-4,6-7,11H,5,8H2. The van der Waals surface area contributed by atoms with Crippen LogP contribution in [0, 0.1) is 5.82 Å². The van der Waals surface area contributed by atoms with Gasteiger partial charge in [0, 0.05) is 12.8 Å². The zero-order valence-electron chi connectivity index (χ0n) is 10.9. The number of ketones is 1. The maximum absolute atomic E-state index is 13.2. The molecule has 5 heteroatoms. The lowest BCUT2D eigenvalue weighted by Crippen LogP contribution is -2.28. The smallest absolute Gasteiger partial charge is 0.170 e. The van der Waals surface area contributed by atoms with Crippen LogP contribution in [0.15, 0.2) is 36.4 Å². The largest absolute Gasteiger partial charge is 0.489 e. The van der Waals surface area contributed by atoms with Gasteiger partial charge in [-0.05, 0) is 35.9 Å². The third-order valence-corrected chi connectivity index (χ3v) is 4.14. The summed E-state index contributed by atoms with van der Waals surface area (Å²) in [7, 11) is 0. The molecule has 0 aliphatic carbocycles. The summed E-state index contributed by atoms with van der Waals surface area (Å²) in [5, 5.41) is 0.959. The molecule has 0 aromatic heterocycles. The Morgan fingerprint density at radius 1 is 1.14 bits per heavy atom. The molecule has 0 fully saturated rings. The molecule has 0 saturated carbocycles. The van der Waals surface area contributed by atoms with E-state index < -0.39 is 5.82 Å². The van der Waals surface area contributed by atoms with Crippen molar-refractivity contribution in [3.8, 4) is 5.75 Å². The van der Waals surface area contributed by atoms with E-state index in [-0.39, 0.29) is 18.3 Å². The fraction of sp³-hybridized carbons (Fsp3) is 0.188. The molecule has 0 radical (unpaired) electrons. The van der Waals surface area contributed by atoms with Gasteiger partial charge in [0.25, 0.3) is 0 Å². The van der Waals surface area contributed by atoms with Gasteiger partial charge in [0.05, 0.1) is 15.6 Å². The normalized spacial score (nSPS) is 17.3.